The van der Waals surface area contributed by atoms with E-state index in [0.717, 1.165) is 28.6 Å². The van der Waals surface area contributed by atoms with Crippen LogP contribution in [-0.2, 0) is 0 Å². The van der Waals surface area contributed by atoms with Gasteiger partial charge in [-0.05, 0) is 72.8 Å². The molecular formula is C28H23N2O5-. The van der Waals surface area contributed by atoms with E-state index in [9.17, 15) is 15.5 Å². The van der Waals surface area contributed by atoms with Gasteiger partial charge in [0.05, 0.1) is 5.69 Å². The fourth-order valence-electron chi connectivity index (χ4n) is 4.19. The number of hydrogen-bond acceptors (Lipinski definition) is 7. The lowest BCUT2D eigenvalue weighted by atomic mass is 9.94. The maximum absolute atomic E-state index is 12.9. The standard InChI is InChI=1S/C28H24N2O5/c1-17-7-13-25(34-17)27(26-14-8-18(2)35-26)19-9-11-21(12-10-19)29-16-20-15-24(30(32)33)22-5-3-4-6-23(22)28(20)31/h3-16,27,31-33H,1-2H3/p-1. The molecule has 2 heterocycles. The van der Waals surface area contributed by atoms with E-state index in [1.165, 1.54) is 12.3 Å². The molecule has 0 aliphatic rings. The van der Waals surface area contributed by atoms with E-state index < -0.39 is 0 Å². The van der Waals surface area contributed by atoms with Crippen LogP contribution in [0.1, 0.15) is 40.1 Å². The highest BCUT2D eigenvalue weighted by Crippen LogP contribution is 2.36. The Balaban J connectivity index is 1.48. The van der Waals surface area contributed by atoms with Gasteiger partial charge in [0.15, 0.2) is 0 Å². The molecule has 5 rings (SSSR count). The summed E-state index contributed by atoms with van der Waals surface area (Å²) in [6, 6.07) is 23.5. The highest BCUT2D eigenvalue weighted by atomic mass is 16.8. The minimum atomic E-state index is -0.243. The van der Waals surface area contributed by atoms with Crippen molar-refractivity contribution >= 4 is 28.4 Å². The summed E-state index contributed by atoms with van der Waals surface area (Å²) in [5.74, 6) is 2.76. The molecule has 35 heavy (non-hydrogen) atoms. The van der Waals surface area contributed by atoms with Crippen LogP contribution >= 0.6 is 0 Å². The number of anilines is 1. The zero-order chi connectivity index (χ0) is 24.5. The number of hydrogen-bond donors (Lipinski definition) is 2. The van der Waals surface area contributed by atoms with E-state index in [4.69, 9.17) is 8.83 Å². The largest absolute Gasteiger partial charge is 0.872 e. The maximum Gasteiger partial charge on any atom is 0.119 e. The molecule has 5 aromatic rings. The van der Waals surface area contributed by atoms with Gasteiger partial charge in [-0.1, -0.05) is 42.1 Å². The van der Waals surface area contributed by atoms with Gasteiger partial charge in [0.1, 0.15) is 34.6 Å². The highest BCUT2D eigenvalue weighted by molar-refractivity contribution is 6.03. The Labute approximate surface area is 201 Å². The molecule has 0 fully saturated rings. The zero-order valence-electron chi connectivity index (χ0n) is 19.2. The topological polar surface area (TPSA) is 105 Å². The van der Waals surface area contributed by atoms with Gasteiger partial charge in [-0.15, -0.1) is 5.23 Å². The minimum absolute atomic E-state index is 0.0146. The number of nitrogens with zero attached hydrogens (tertiary/aromatic N) is 2. The van der Waals surface area contributed by atoms with Crippen molar-refractivity contribution in [3.8, 4) is 5.75 Å². The maximum atomic E-state index is 12.9. The number of rotatable bonds is 6. The van der Waals surface area contributed by atoms with Crippen molar-refractivity contribution in [1.29, 1.82) is 0 Å². The van der Waals surface area contributed by atoms with Gasteiger partial charge in [0.25, 0.3) is 0 Å². The molecule has 2 N–H and O–H groups in total. The molecule has 0 aliphatic carbocycles. The second kappa shape index (κ2) is 9.13. The molecule has 0 unspecified atom stereocenters. The van der Waals surface area contributed by atoms with Crippen LogP contribution in [0.25, 0.3) is 10.8 Å². The Hall–Kier alpha value is -4.33. The van der Waals surface area contributed by atoms with Crippen molar-refractivity contribution in [3.63, 3.8) is 0 Å². The van der Waals surface area contributed by atoms with Crippen molar-refractivity contribution in [1.82, 2.24) is 0 Å². The summed E-state index contributed by atoms with van der Waals surface area (Å²) in [4.78, 5) is 4.45. The van der Waals surface area contributed by atoms with E-state index >= 15 is 0 Å². The van der Waals surface area contributed by atoms with Gasteiger partial charge < -0.3 is 13.9 Å². The van der Waals surface area contributed by atoms with E-state index in [1.807, 2.05) is 62.4 Å². The third kappa shape index (κ3) is 4.42. The first kappa shape index (κ1) is 22.5. The first-order valence-electron chi connectivity index (χ1n) is 11.1. The average molecular weight is 468 g/mol. The molecule has 0 amide bonds. The van der Waals surface area contributed by atoms with Gasteiger partial charge in [-0.2, -0.15) is 0 Å². The van der Waals surface area contributed by atoms with Gasteiger partial charge in [0.2, 0.25) is 0 Å². The number of benzene rings is 3. The van der Waals surface area contributed by atoms with E-state index in [0.29, 0.717) is 16.5 Å². The Bertz CT molecular complexity index is 1470. The van der Waals surface area contributed by atoms with Crippen molar-refractivity contribution in [2.45, 2.75) is 19.8 Å². The molecule has 0 bridgehead atoms. The second-order valence-electron chi connectivity index (χ2n) is 8.33. The number of fused-ring (bicyclic) bond motifs is 1. The summed E-state index contributed by atoms with van der Waals surface area (Å²) in [6.07, 6.45) is 1.43. The molecule has 0 radical (unpaired) electrons. The van der Waals surface area contributed by atoms with Crippen LogP contribution in [0, 0.1) is 13.8 Å². The van der Waals surface area contributed by atoms with Crippen LogP contribution in [0.2, 0.25) is 0 Å². The fraction of sp³-hybridized carbons (Fsp3) is 0.107. The van der Waals surface area contributed by atoms with Crippen LogP contribution in [0.5, 0.6) is 5.75 Å². The molecule has 0 aliphatic heterocycles. The van der Waals surface area contributed by atoms with Crippen LogP contribution < -0.4 is 10.3 Å². The Morgan fingerprint density at radius 2 is 1.43 bits per heavy atom. The van der Waals surface area contributed by atoms with Crippen LogP contribution in [-0.4, -0.2) is 16.6 Å². The van der Waals surface area contributed by atoms with Crippen LogP contribution in [0.4, 0.5) is 11.4 Å². The quantitative estimate of drug-likeness (QED) is 0.226. The summed E-state index contributed by atoms with van der Waals surface area (Å²) in [5.41, 5.74) is 1.95. The van der Waals surface area contributed by atoms with E-state index in [1.54, 1.807) is 24.3 Å². The Morgan fingerprint density at radius 1 is 0.829 bits per heavy atom. The molecule has 0 saturated carbocycles. The second-order valence-corrected chi connectivity index (χ2v) is 8.33. The third-order valence-corrected chi connectivity index (χ3v) is 5.89. The van der Waals surface area contributed by atoms with Crippen molar-refractivity contribution < 1.29 is 24.4 Å². The molecule has 7 heteroatoms. The predicted octanol–water partition coefficient (Wildman–Crippen LogP) is 6.23. The van der Waals surface area contributed by atoms with Crippen molar-refractivity contribution in [3.05, 3.63) is 113 Å². The minimum Gasteiger partial charge on any atom is -0.872 e. The lowest BCUT2D eigenvalue weighted by Crippen LogP contribution is -2.12. The molecule has 2 aromatic heterocycles. The predicted molar refractivity (Wildman–Crippen MR) is 131 cm³/mol. The summed E-state index contributed by atoms with van der Waals surface area (Å²) in [6.45, 7) is 3.81. The molecule has 0 atom stereocenters. The van der Waals surface area contributed by atoms with Gasteiger partial charge in [0, 0.05) is 11.6 Å². The first-order valence-corrected chi connectivity index (χ1v) is 11.1. The number of furan rings is 2. The summed E-state index contributed by atoms with van der Waals surface area (Å²) in [5, 5.41) is 33.0. The molecule has 7 nitrogen and oxygen atoms in total. The zero-order valence-corrected chi connectivity index (χ0v) is 19.2. The number of aryl methyl sites for hydroxylation is 2. The lowest BCUT2D eigenvalue weighted by Gasteiger charge is -2.19. The molecule has 3 aromatic carbocycles. The molecule has 176 valence electrons. The fourth-order valence-corrected chi connectivity index (χ4v) is 4.19. The summed E-state index contributed by atoms with van der Waals surface area (Å²) in [7, 11) is 0. The summed E-state index contributed by atoms with van der Waals surface area (Å²) < 4.78 is 11.8. The lowest BCUT2D eigenvalue weighted by molar-refractivity contribution is -0.265. The van der Waals surface area contributed by atoms with Gasteiger partial charge >= 0.3 is 0 Å². The summed E-state index contributed by atoms with van der Waals surface area (Å²) >= 11 is 0. The normalized spacial score (nSPS) is 11.7. The van der Waals surface area contributed by atoms with E-state index in [-0.39, 0.29) is 28.1 Å². The Kier molecular flexibility index (Phi) is 5.86. The smallest absolute Gasteiger partial charge is 0.119 e. The van der Waals surface area contributed by atoms with Crippen LogP contribution in [0.15, 0.2) is 92.7 Å². The third-order valence-electron chi connectivity index (χ3n) is 5.89. The SMILES string of the molecule is Cc1ccc(C(c2ccc(N=Cc3cc(N(O)O)c4ccccc4c3[O-])cc2)c2ccc(C)o2)o1. The van der Waals surface area contributed by atoms with Crippen LogP contribution in [0.3, 0.4) is 0 Å². The Morgan fingerprint density at radius 3 is 1.97 bits per heavy atom. The highest BCUT2D eigenvalue weighted by Gasteiger charge is 2.23. The molecule has 0 spiro atoms. The molecule has 0 saturated heterocycles. The first-order chi connectivity index (χ1) is 16.9. The van der Waals surface area contributed by atoms with E-state index in [2.05, 4.69) is 4.99 Å². The molecular weight excluding hydrogens is 444 g/mol. The monoisotopic (exact) mass is 467 g/mol. The average Bonchev–Trinajstić information content (AvgIpc) is 3.48. The van der Waals surface area contributed by atoms with Gasteiger partial charge in [-0.25, -0.2) is 0 Å². The van der Waals surface area contributed by atoms with Crippen molar-refractivity contribution in [2.75, 3.05) is 5.23 Å². The van der Waals surface area contributed by atoms with Crippen molar-refractivity contribution in [2.24, 2.45) is 4.99 Å². The number of aliphatic imine (C=N–C) groups is 1. The van der Waals surface area contributed by atoms with Gasteiger partial charge in [-0.3, -0.25) is 15.4 Å².